The molecule has 0 aromatic rings. The summed E-state index contributed by atoms with van der Waals surface area (Å²) in [5, 5.41) is 9.06. The second-order valence-electron chi connectivity index (χ2n) is 7.26. The number of thioether (sulfide) groups is 1. The molecular formula is C14H26O4S. The lowest BCUT2D eigenvalue weighted by atomic mass is 9.71. The smallest absolute Gasteiger partial charge is 0.130 e. The highest BCUT2D eigenvalue weighted by molar-refractivity contribution is 8.00. The normalized spacial score (nSPS) is 43.3. The first-order valence-corrected chi connectivity index (χ1v) is 7.98. The molecule has 19 heavy (non-hydrogen) atoms. The molecule has 2 rings (SSSR count). The summed E-state index contributed by atoms with van der Waals surface area (Å²) in [6, 6.07) is 0. The molecule has 1 saturated carbocycles. The van der Waals surface area contributed by atoms with E-state index in [1.54, 1.807) is 0 Å². The van der Waals surface area contributed by atoms with Crippen LogP contribution in [0.2, 0.25) is 0 Å². The minimum absolute atomic E-state index is 0.177. The van der Waals surface area contributed by atoms with Crippen LogP contribution in [0.4, 0.5) is 0 Å². The van der Waals surface area contributed by atoms with Gasteiger partial charge in [0.25, 0.3) is 0 Å². The van der Waals surface area contributed by atoms with Crippen molar-refractivity contribution in [1.29, 1.82) is 0 Å². The number of hydrogen-bond donors (Lipinski definition) is 1. The van der Waals surface area contributed by atoms with Gasteiger partial charge < -0.3 is 0 Å². The van der Waals surface area contributed by atoms with Gasteiger partial charge in [-0.05, 0) is 39.0 Å². The van der Waals surface area contributed by atoms with Gasteiger partial charge in [-0.25, -0.2) is 14.7 Å². The van der Waals surface area contributed by atoms with Gasteiger partial charge in [-0.3, -0.25) is 5.26 Å². The van der Waals surface area contributed by atoms with Crippen molar-refractivity contribution in [3.8, 4) is 0 Å². The van der Waals surface area contributed by atoms with Gasteiger partial charge >= 0.3 is 0 Å². The van der Waals surface area contributed by atoms with E-state index in [1.165, 1.54) is 0 Å². The molecule has 1 unspecified atom stereocenters. The Morgan fingerprint density at radius 1 is 1.37 bits per heavy atom. The minimum atomic E-state index is -0.630. The molecule has 2 bridgehead atoms. The van der Waals surface area contributed by atoms with Crippen molar-refractivity contribution < 1.29 is 19.9 Å². The third kappa shape index (κ3) is 3.27. The van der Waals surface area contributed by atoms with E-state index < -0.39 is 5.60 Å². The van der Waals surface area contributed by atoms with Crippen molar-refractivity contribution in [3.05, 3.63) is 0 Å². The predicted octanol–water partition coefficient (Wildman–Crippen LogP) is 3.66. The van der Waals surface area contributed by atoms with Crippen molar-refractivity contribution in [1.82, 2.24) is 0 Å². The first kappa shape index (κ1) is 15.6. The highest BCUT2D eigenvalue weighted by Gasteiger charge is 2.53. The fourth-order valence-electron chi connectivity index (χ4n) is 2.79. The second kappa shape index (κ2) is 5.19. The van der Waals surface area contributed by atoms with Crippen LogP contribution < -0.4 is 0 Å². The first-order valence-electron chi connectivity index (χ1n) is 7.00. The summed E-state index contributed by atoms with van der Waals surface area (Å²) in [6.07, 6.45) is 2.51. The molecule has 0 aromatic heterocycles. The SMILES string of the molecule is CC(C)(C)SCC1(C)OO[C@@H]2C[C@H]1CC[C@@]2(C)OO. The number of fused-ring (bicyclic) bond motifs is 2. The summed E-state index contributed by atoms with van der Waals surface area (Å²) in [7, 11) is 0. The fraction of sp³-hybridized carbons (Fsp3) is 1.00. The molecular weight excluding hydrogens is 264 g/mol. The molecule has 5 heteroatoms. The Morgan fingerprint density at radius 3 is 2.63 bits per heavy atom. The summed E-state index contributed by atoms with van der Waals surface area (Å²) >= 11 is 1.90. The standard InChI is InChI=1S/C14H26O4S/c1-12(2,3)19-9-14(5)10-6-7-13(4,17-15)11(8-10)16-18-14/h10-11,15H,6-9H2,1-5H3/t10-,11-,13-,14?/m1/s1. The quantitative estimate of drug-likeness (QED) is 0.635. The molecule has 0 aromatic carbocycles. The molecule has 0 spiro atoms. The average molecular weight is 290 g/mol. The fourth-order valence-corrected chi connectivity index (χ4v) is 3.79. The Morgan fingerprint density at radius 2 is 2.05 bits per heavy atom. The maximum Gasteiger partial charge on any atom is 0.130 e. The van der Waals surface area contributed by atoms with Crippen LogP contribution >= 0.6 is 11.8 Å². The van der Waals surface area contributed by atoms with E-state index in [1.807, 2.05) is 18.7 Å². The van der Waals surface area contributed by atoms with Crippen molar-refractivity contribution in [3.63, 3.8) is 0 Å². The molecule has 1 saturated heterocycles. The molecule has 4 nitrogen and oxygen atoms in total. The van der Waals surface area contributed by atoms with Crippen molar-refractivity contribution in [2.75, 3.05) is 5.75 Å². The molecule has 1 aliphatic carbocycles. The van der Waals surface area contributed by atoms with Crippen LogP contribution in [0.5, 0.6) is 0 Å². The van der Waals surface area contributed by atoms with Gasteiger partial charge in [-0.2, -0.15) is 11.8 Å². The number of rotatable bonds is 3. The molecule has 1 aliphatic heterocycles. The Kier molecular flexibility index (Phi) is 4.25. The van der Waals surface area contributed by atoms with E-state index in [0.717, 1.165) is 25.0 Å². The van der Waals surface area contributed by atoms with E-state index in [2.05, 4.69) is 32.6 Å². The Hall–Kier alpha value is 0.190. The minimum Gasteiger partial charge on any atom is -0.251 e. The lowest BCUT2D eigenvalue weighted by molar-refractivity contribution is -0.468. The van der Waals surface area contributed by atoms with Crippen molar-refractivity contribution >= 4 is 11.8 Å². The lowest BCUT2D eigenvalue weighted by Crippen LogP contribution is -2.58. The Bertz CT molecular complexity index is 330. The highest BCUT2D eigenvalue weighted by atomic mass is 32.2. The molecule has 4 atom stereocenters. The highest BCUT2D eigenvalue weighted by Crippen LogP contribution is 2.48. The van der Waals surface area contributed by atoms with Gasteiger partial charge in [0.2, 0.25) is 0 Å². The van der Waals surface area contributed by atoms with Gasteiger partial charge in [0.1, 0.15) is 17.3 Å². The Labute approximate surface area is 120 Å². The van der Waals surface area contributed by atoms with E-state index in [-0.39, 0.29) is 16.5 Å². The van der Waals surface area contributed by atoms with Crippen molar-refractivity contribution in [2.45, 2.75) is 75.9 Å². The maximum atomic E-state index is 9.06. The lowest BCUT2D eigenvalue weighted by Gasteiger charge is -2.51. The number of hydrogen-bond acceptors (Lipinski definition) is 5. The third-order valence-corrected chi connectivity index (χ3v) is 5.97. The third-order valence-electron chi connectivity index (χ3n) is 4.39. The van der Waals surface area contributed by atoms with E-state index in [9.17, 15) is 0 Å². The van der Waals surface area contributed by atoms with E-state index >= 15 is 0 Å². The molecule has 0 amide bonds. The van der Waals surface area contributed by atoms with Gasteiger partial charge in [0.15, 0.2) is 0 Å². The van der Waals surface area contributed by atoms with Gasteiger partial charge in [-0.15, -0.1) is 0 Å². The zero-order valence-corrected chi connectivity index (χ0v) is 13.4. The summed E-state index contributed by atoms with van der Waals surface area (Å²) < 4.78 is 0.223. The monoisotopic (exact) mass is 290 g/mol. The maximum absolute atomic E-state index is 9.06. The van der Waals surface area contributed by atoms with Crippen LogP contribution in [0, 0.1) is 5.92 Å². The molecule has 112 valence electrons. The molecule has 2 fully saturated rings. The molecule has 0 radical (unpaired) electrons. The summed E-state index contributed by atoms with van der Waals surface area (Å²) in [5.41, 5.74) is -0.875. The van der Waals surface area contributed by atoms with Crippen molar-refractivity contribution in [2.24, 2.45) is 5.92 Å². The van der Waals surface area contributed by atoms with Crippen LogP contribution in [0.25, 0.3) is 0 Å². The topological polar surface area (TPSA) is 47.9 Å². The average Bonchev–Trinajstić information content (AvgIpc) is 2.34. The van der Waals surface area contributed by atoms with Crippen LogP contribution in [0.1, 0.15) is 53.9 Å². The summed E-state index contributed by atoms with van der Waals surface area (Å²) in [6.45, 7) is 10.7. The van der Waals surface area contributed by atoms with Crippen LogP contribution in [0.15, 0.2) is 0 Å². The van der Waals surface area contributed by atoms with Gasteiger partial charge in [-0.1, -0.05) is 20.8 Å². The zero-order chi connectivity index (χ0) is 14.3. The van der Waals surface area contributed by atoms with Gasteiger partial charge in [0, 0.05) is 10.5 Å². The van der Waals surface area contributed by atoms with E-state index in [4.69, 9.17) is 15.0 Å². The van der Waals surface area contributed by atoms with Crippen LogP contribution in [0.3, 0.4) is 0 Å². The summed E-state index contributed by atoms with van der Waals surface area (Å²) in [4.78, 5) is 15.9. The second-order valence-corrected chi connectivity index (χ2v) is 9.06. The largest absolute Gasteiger partial charge is 0.251 e. The first-order chi connectivity index (χ1) is 8.69. The molecule has 1 heterocycles. The molecule has 2 aliphatic rings. The Balaban J connectivity index is 2.01. The zero-order valence-electron chi connectivity index (χ0n) is 12.6. The van der Waals surface area contributed by atoms with Crippen LogP contribution in [-0.2, 0) is 14.7 Å². The predicted molar refractivity (Wildman–Crippen MR) is 76.0 cm³/mol. The summed E-state index contributed by atoms with van der Waals surface area (Å²) in [5.74, 6) is 1.38. The molecule has 1 N–H and O–H groups in total. The van der Waals surface area contributed by atoms with Gasteiger partial charge in [0.05, 0.1) is 0 Å². The van der Waals surface area contributed by atoms with Crippen LogP contribution in [-0.4, -0.2) is 33.1 Å². The van der Waals surface area contributed by atoms with E-state index in [0.29, 0.717) is 5.92 Å².